The molecule has 20 heavy (non-hydrogen) atoms. The topological polar surface area (TPSA) is 47.0 Å². The highest BCUT2D eigenvalue weighted by Crippen LogP contribution is 2.28. The smallest absolute Gasteiger partial charge is 0.138 e. The predicted octanol–water partition coefficient (Wildman–Crippen LogP) is 3.23. The molecule has 106 valence electrons. The third-order valence-electron chi connectivity index (χ3n) is 2.84. The molecule has 1 unspecified atom stereocenters. The van der Waals surface area contributed by atoms with Crippen LogP contribution in [0.4, 0.5) is 0 Å². The van der Waals surface area contributed by atoms with Crippen molar-refractivity contribution in [1.82, 2.24) is 15.3 Å². The summed E-state index contributed by atoms with van der Waals surface area (Å²) in [5.74, 6) is 0.753. The largest absolute Gasteiger partial charge is 0.489 e. The Morgan fingerprint density at radius 2 is 2.00 bits per heavy atom. The number of nitrogens with zero attached hydrogens (tertiary/aromatic N) is 2. The van der Waals surface area contributed by atoms with Crippen molar-refractivity contribution in [2.75, 3.05) is 7.05 Å². The Morgan fingerprint density at radius 3 is 2.65 bits per heavy atom. The Balaban J connectivity index is 2.35. The molecule has 4 nitrogen and oxygen atoms in total. The second-order valence-corrected chi connectivity index (χ2v) is 5.15. The van der Waals surface area contributed by atoms with Crippen LogP contribution in [-0.2, 0) is 0 Å². The molecular formula is C15H18ClN3O. The Bertz CT molecular complexity index is 575. The van der Waals surface area contributed by atoms with Crippen LogP contribution in [0.25, 0.3) is 0 Å². The fourth-order valence-electron chi connectivity index (χ4n) is 2.05. The van der Waals surface area contributed by atoms with Gasteiger partial charge >= 0.3 is 0 Å². The molecule has 0 fully saturated rings. The number of hydrogen-bond acceptors (Lipinski definition) is 4. The maximum Gasteiger partial charge on any atom is 0.138 e. The molecule has 0 spiro atoms. The number of halogens is 1. The molecule has 5 heteroatoms. The standard InChI is InChI=1S/C15H18ClN3O/c1-10(2)20-12-6-11(7-19-8-12)15(17-3)13-4-5-18-9-14(13)16/h4-10,15,17H,1-3H3. The maximum atomic E-state index is 6.22. The highest BCUT2D eigenvalue weighted by molar-refractivity contribution is 6.31. The van der Waals surface area contributed by atoms with E-state index < -0.39 is 0 Å². The van der Waals surface area contributed by atoms with Crippen LogP contribution in [0, 0.1) is 0 Å². The fraction of sp³-hybridized carbons (Fsp3) is 0.333. The third-order valence-corrected chi connectivity index (χ3v) is 3.16. The van der Waals surface area contributed by atoms with Crippen LogP contribution in [-0.4, -0.2) is 23.1 Å². The third kappa shape index (κ3) is 3.46. The zero-order valence-electron chi connectivity index (χ0n) is 11.8. The van der Waals surface area contributed by atoms with Crippen LogP contribution >= 0.6 is 11.6 Å². The van der Waals surface area contributed by atoms with Crippen molar-refractivity contribution in [3.05, 3.63) is 53.1 Å². The molecule has 0 radical (unpaired) electrons. The lowest BCUT2D eigenvalue weighted by Crippen LogP contribution is -2.18. The lowest BCUT2D eigenvalue weighted by molar-refractivity contribution is 0.241. The SMILES string of the molecule is CNC(c1cncc(OC(C)C)c1)c1ccncc1Cl. The molecule has 0 aliphatic heterocycles. The van der Waals surface area contributed by atoms with Crippen molar-refractivity contribution < 1.29 is 4.74 Å². The van der Waals surface area contributed by atoms with E-state index in [2.05, 4.69) is 15.3 Å². The average molecular weight is 292 g/mol. The number of hydrogen-bond donors (Lipinski definition) is 1. The van der Waals surface area contributed by atoms with Crippen LogP contribution in [0.15, 0.2) is 36.9 Å². The Hall–Kier alpha value is -1.65. The summed E-state index contributed by atoms with van der Waals surface area (Å²) in [5, 5.41) is 3.88. The van der Waals surface area contributed by atoms with Gasteiger partial charge in [-0.2, -0.15) is 0 Å². The molecule has 0 bridgehead atoms. The normalized spacial score (nSPS) is 12.4. The molecule has 2 heterocycles. The van der Waals surface area contributed by atoms with E-state index in [9.17, 15) is 0 Å². The molecule has 0 aliphatic rings. The van der Waals surface area contributed by atoms with Crippen molar-refractivity contribution in [3.8, 4) is 5.75 Å². The predicted molar refractivity (Wildman–Crippen MR) is 80.2 cm³/mol. The quantitative estimate of drug-likeness (QED) is 0.919. The highest BCUT2D eigenvalue weighted by Gasteiger charge is 2.16. The van der Waals surface area contributed by atoms with Crippen LogP contribution in [0.3, 0.4) is 0 Å². The van der Waals surface area contributed by atoms with E-state index in [1.54, 1.807) is 18.6 Å². The van der Waals surface area contributed by atoms with Gasteiger partial charge in [0, 0.05) is 18.6 Å². The zero-order valence-corrected chi connectivity index (χ0v) is 12.6. The molecule has 0 aromatic carbocycles. The van der Waals surface area contributed by atoms with Gasteiger partial charge in [0.15, 0.2) is 0 Å². The van der Waals surface area contributed by atoms with Gasteiger partial charge in [-0.3, -0.25) is 9.97 Å². The Morgan fingerprint density at radius 1 is 1.20 bits per heavy atom. The molecule has 2 rings (SSSR count). The van der Waals surface area contributed by atoms with Crippen LogP contribution in [0.1, 0.15) is 31.0 Å². The van der Waals surface area contributed by atoms with Crippen molar-refractivity contribution in [2.45, 2.75) is 26.0 Å². The van der Waals surface area contributed by atoms with Gasteiger partial charge in [0.2, 0.25) is 0 Å². The molecule has 2 aromatic rings. The average Bonchev–Trinajstić information content (AvgIpc) is 2.41. The molecule has 0 aliphatic carbocycles. The Labute approximate surface area is 124 Å². The summed E-state index contributed by atoms with van der Waals surface area (Å²) in [5.41, 5.74) is 1.96. The molecule has 1 N–H and O–H groups in total. The van der Waals surface area contributed by atoms with Gasteiger partial charge in [-0.1, -0.05) is 11.6 Å². The summed E-state index contributed by atoms with van der Waals surface area (Å²) in [6.07, 6.45) is 7.01. The van der Waals surface area contributed by atoms with Crippen molar-refractivity contribution in [1.29, 1.82) is 0 Å². The summed E-state index contributed by atoms with van der Waals surface area (Å²) in [4.78, 5) is 8.25. The summed E-state index contributed by atoms with van der Waals surface area (Å²) in [6.45, 7) is 3.98. The minimum atomic E-state index is -0.0475. The van der Waals surface area contributed by atoms with Gasteiger partial charge in [0.25, 0.3) is 0 Å². The summed E-state index contributed by atoms with van der Waals surface area (Å²) in [6, 6.07) is 3.83. The molecule has 0 saturated carbocycles. The molecule has 1 atom stereocenters. The lowest BCUT2D eigenvalue weighted by Gasteiger charge is -2.19. The first-order chi connectivity index (χ1) is 9.61. The van der Waals surface area contributed by atoms with E-state index in [0.717, 1.165) is 16.9 Å². The van der Waals surface area contributed by atoms with Crippen molar-refractivity contribution in [3.63, 3.8) is 0 Å². The molecule has 0 saturated heterocycles. The van der Waals surface area contributed by atoms with Crippen molar-refractivity contribution in [2.24, 2.45) is 0 Å². The molecular weight excluding hydrogens is 274 g/mol. The van der Waals surface area contributed by atoms with Gasteiger partial charge in [0.1, 0.15) is 5.75 Å². The van der Waals surface area contributed by atoms with E-state index >= 15 is 0 Å². The molecule has 2 aromatic heterocycles. The van der Waals surface area contributed by atoms with Crippen LogP contribution in [0.2, 0.25) is 5.02 Å². The van der Waals surface area contributed by atoms with Gasteiger partial charge < -0.3 is 10.1 Å². The number of aromatic nitrogens is 2. The van der Waals surface area contributed by atoms with E-state index in [4.69, 9.17) is 16.3 Å². The fourth-order valence-corrected chi connectivity index (χ4v) is 2.28. The first-order valence-corrected chi connectivity index (χ1v) is 6.88. The highest BCUT2D eigenvalue weighted by atomic mass is 35.5. The van der Waals surface area contributed by atoms with Gasteiger partial charge in [-0.15, -0.1) is 0 Å². The minimum Gasteiger partial charge on any atom is -0.489 e. The first-order valence-electron chi connectivity index (χ1n) is 6.50. The van der Waals surface area contributed by atoms with E-state index in [-0.39, 0.29) is 12.1 Å². The second kappa shape index (κ2) is 6.68. The summed E-state index contributed by atoms with van der Waals surface area (Å²) >= 11 is 6.22. The number of rotatable bonds is 5. The lowest BCUT2D eigenvalue weighted by atomic mass is 10.0. The number of ether oxygens (including phenoxy) is 1. The van der Waals surface area contributed by atoms with E-state index in [1.807, 2.05) is 39.2 Å². The summed E-state index contributed by atoms with van der Waals surface area (Å²) in [7, 11) is 1.89. The number of pyridine rings is 2. The summed E-state index contributed by atoms with van der Waals surface area (Å²) < 4.78 is 5.68. The number of nitrogens with one attached hydrogen (secondary N) is 1. The second-order valence-electron chi connectivity index (χ2n) is 4.74. The monoisotopic (exact) mass is 291 g/mol. The minimum absolute atomic E-state index is 0.0475. The maximum absolute atomic E-state index is 6.22. The van der Waals surface area contributed by atoms with E-state index in [1.165, 1.54) is 0 Å². The van der Waals surface area contributed by atoms with Crippen LogP contribution < -0.4 is 10.1 Å². The van der Waals surface area contributed by atoms with Gasteiger partial charge in [0.05, 0.1) is 23.4 Å². The van der Waals surface area contributed by atoms with Crippen molar-refractivity contribution >= 4 is 11.6 Å². The van der Waals surface area contributed by atoms with Gasteiger partial charge in [-0.05, 0) is 44.2 Å². The van der Waals surface area contributed by atoms with Crippen LogP contribution in [0.5, 0.6) is 5.75 Å². The first kappa shape index (κ1) is 14.8. The van der Waals surface area contributed by atoms with E-state index in [0.29, 0.717) is 5.02 Å². The van der Waals surface area contributed by atoms with Gasteiger partial charge in [-0.25, -0.2) is 0 Å². The zero-order chi connectivity index (χ0) is 14.5. The Kier molecular flexibility index (Phi) is 4.93. The molecule has 0 amide bonds.